The van der Waals surface area contributed by atoms with Crippen LogP contribution in [0.5, 0.6) is 11.5 Å². The Morgan fingerprint density at radius 2 is 1.34 bits per heavy atom. The van der Waals surface area contributed by atoms with Crippen LogP contribution in [0, 0.1) is 0 Å². The van der Waals surface area contributed by atoms with Crippen LogP contribution >= 0.6 is 46.4 Å². The molecule has 3 aromatic rings. The molecular weight excluding hydrogens is 482 g/mol. The van der Waals surface area contributed by atoms with Crippen LogP contribution in [-0.4, -0.2) is 23.2 Å². The van der Waals surface area contributed by atoms with Gasteiger partial charge in [-0.25, -0.2) is 0 Å². The van der Waals surface area contributed by atoms with E-state index in [1.807, 2.05) is 0 Å². The van der Waals surface area contributed by atoms with Gasteiger partial charge in [-0.1, -0.05) is 76.7 Å². The highest BCUT2D eigenvalue weighted by Crippen LogP contribution is 2.53. The molecule has 0 heterocycles. The van der Waals surface area contributed by atoms with E-state index in [2.05, 4.69) is 0 Å². The molecule has 1 atom stereocenters. The van der Waals surface area contributed by atoms with Gasteiger partial charge in [-0.05, 0) is 18.2 Å². The molecule has 3 N–H and O–H groups in total. The fourth-order valence-corrected chi connectivity index (χ4v) is 5.61. The van der Waals surface area contributed by atoms with Gasteiger partial charge in [0.15, 0.2) is 16.2 Å². The summed E-state index contributed by atoms with van der Waals surface area (Å²) < 4.78 is 34.0. The second-order valence-electron chi connectivity index (χ2n) is 6.06. The Bertz CT molecular complexity index is 1210. The summed E-state index contributed by atoms with van der Waals surface area (Å²) in [6, 6.07) is 12.0. The van der Waals surface area contributed by atoms with Crippen LogP contribution in [0.25, 0.3) is 0 Å². The highest BCUT2D eigenvalue weighted by atomic mass is 35.5. The van der Waals surface area contributed by atoms with E-state index in [-0.39, 0.29) is 31.2 Å². The first-order valence-corrected chi connectivity index (χ1v) is 10.9. The minimum Gasteiger partial charge on any atom is -0.504 e. The highest BCUT2D eigenvalue weighted by Gasteiger charge is 2.53. The maximum atomic E-state index is 13.0. The second-order valence-corrected chi connectivity index (χ2v) is 9.25. The SMILES string of the molecule is O=S(=O)(O)C(c1ccccc1Cl)(c1cc(Cl)cc(O)c1O)c1cccc(Cl)c1Cl. The van der Waals surface area contributed by atoms with E-state index in [0.29, 0.717) is 0 Å². The molecule has 1 unspecified atom stereocenters. The monoisotopic (exact) mass is 492 g/mol. The minimum absolute atomic E-state index is 0.00464. The zero-order chi connectivity index (χ0) is 21.6. The number of benzene rings is 3. The van der Waals surface area contributed by atoms with Crippen LogP contribution in [0.15, 0.2) is 54.6 Å². The molecule has 3 aromatic carbocycles. The van der Waals surface area contributed by atoms with Gasteiger partial charge in [-0.15, -0.1) is 0 Å². The van der Waals surface area contributed by atoms with E-state index in [1.54, 1.807) is 6.07 Å². The third kappa shape index (κ3) is 3.54. The van der Waals surface area contributed by atoms with Crippen molar-refractivity contribution in [2.45, 2.75) is 4.75 Å². The molecule has 0 fully saturated rings. The Labute approximate surface area is 186 Å². The van der Waals surface area contributed by atoms with Crippen LogP contribution < -0.4 is 0 Å². The molecule has 3 rings (SSSR count). The second kappa shape index (κ2) is 7.87. The molecule has 0 aliphatic heterocycles. The molecule has 152 valence electrons. The predicted molar refractivity (Wildman–Crippen MR) is 114 cm³/mol. The van der Waals surface area contributed by atoms with Gasteiger partial charge in [0.05, 0.1) is 10.0 Å². The van der Waals surface area contributed by atoms with Gasteiger partial charge in [-0.3, -0.25) is 4.55 Å². The van der Waals surface area contributed by atoms with Crippen molar-refractivity contribution in [1.82, 2.24) is 0 Å². The zero-order valence-electron chi connectivity index (χ0n) is 14.3. The number of halogens is 4. The molecule has 0 aromatic heterocycles. The van der Waals surface area contributed by atoms with Gasteiger partial charge < -0.3 is 10.2 Å². The summed E-state index contributed by atoms with van der Waals surface area (Å²) in [5.41, 5.74) is -0.785. The summed E-state index contributed by atoms with van der Waals surface area (Å²) in [5, 5.41) is 20.3. The van der Waals surface area contributed by atoms with E-state index in [9.17, 15) is 23.2 Å². The van der Waals surface area contributed by atoms with E-state index < -0.39 is 31.9 Å². The first-order valence-electron chi connectivity index (χ1n) is 7.90. The highest BCUT2D eigenvalue weighted by molar-refractivity contribution is 7.87. The Balaban J connectivity index is 2.68. The molecule has 0 saturated heterocycles. The average molecular weight is 494 g/mol. The number of hydrogen-bond acceptors (Lipinski definition) is 4. The van der Waals surface area contributed by atoms with Gasteiger partial charge in [0.1, 0.15) is 0 Å². The van der Waals surface area contributed by atoms with E-state index in [0.717, 1.165) is 12.1 Å². The molecule has 29 heavy (non-hydrogen) atoms. The Hall–Kier alpha value is -1.67. The predicted octanol–water partition coefficient (Wildman–Crippen LogP) is 5.89. The van der Waals surface area contributed by atoms with Crippen molar-refractivity contribution in [3.05, 3.63) is 91.4 Å². The zero-order valence-corrected chi connectivity index (χ0v) is 18.1. The van der Waals surface area contributed by atoms with E-state index in [1.165, 1.54) is 36.4 Å². The van der Waals surface area contributed by atoms with Gasteiger partial charge in [-0.2, -0.15) is 8.42 Å². The van der Waals surface area contributed by atoms with Crippen LogP contribution in [0.2, 0.25) is 20.1 Å². The number of aromatic hydroxyl groups is 2. The number of phenols is 2. The van der Waals surface area contributed by atoms with Crippen molar-refractivity contribution < 1.29 is 23.2 Å². The number of rotatable bonds is 4. The summed E-state index contributed by atoms with van der Waals surface area (Å²) in [6.07, 6.45) is 0. The fourth-order valence-electron chi connectivity index (χ4n) is 3.23. The molecule has 10 heteroatoms. The smallest absolute Gasteiger partial charge is 0.283 e. The summed E-state index contributed by atoms with van der Waals surface area (Å²) in [6.45, 7) is 0. The van der Waals surface area contributed by atoms with Crippen molar-refractivity contribution in [1.29, 1.82) is 0 Å². The van der Waals surface area contributed by atoms with E-state index in [4.69, 9.17) is 46.4 Å². The van der Waals surface area contributed by atoms with E-state index >= 15 is 0 Å². The molecule has 0 bridgehead atoms. The Kier molecular flexibility index (Phi) is 5.98. The first-order chi connectivity index (χ1) is 13.5. The van der Waals surface area contributed by atoms with Crippen LogP contribution in [0.1, 0.15) is 16.7 Å². The Morgan fingerprint density at radius 1 is 0.759 bits per heavy atom. The molecule has 0 aliphatic carbocycles. The van der Waals surface area contributed by atoms with Crippen LogP contribution in [0.3, 0.4) is 0 Å². The summed E-state index contributed by atoms with van der Waals surface area (Å²) in [7, 11) is -5.16. The lowest BCUT2D eigenvalue weighted by Gasteiger charge is -2.34. The molecule has 0 aliphatic rings. The molecule has 0 spiro atoms. The van der Waals surface area contributed by atoms with Gasteiger partial charge in [0.25, 0.3) is 10.1 Å². The lowest BCUT2D eigenvalue weighted by atomic mass is 9.83. The van der Waals surface area contributed by atoms with Crippen molar-refractivity contribution in [2.24, 2.45) is 0 Å². The van der Waals surface area contributed by atoms with Gasteiger partial charge in [0, 0.05) is 32.8 Å². The van der Waals surface area contributed by atoms with Crippen LogP contribution in [0.4, 0.5) is 0 Å². The molecule has 5 nitrogen and oxygen atoms in total. The fraction of sp³-hybridized carbons (Fsp3) is 0.0526. The molecular formula is C19H12Cl4O5S. The average Bonchev–Trinajstić information content (AvgIpc) is 2.63. The largest absolute Gasteiger partial charge is 0.504 e. The Morgan fingerprint density at radius 3 is 1.97 bits per heavy atom. The molecule has 0 amide bonds. The van der Waals surface area contributed by atoms with Crippen molar-refractivity contribution in [2.75, 3.05) is 0 Å². The lowest BCUT2D eigenvalue weighted by Crippen LogP contribution is -2.39. The van der Waals surface area contributed by atoms with Gasteiger partial charge in [0.2, 0.25) is 0 Å². The first kappa shape index (κ1) is 22.0. The third-order valence-corrected chi connectivity index (χ3v) is 7.21. The number of phenolic OH excluding ortho intramolecular Hbond substituents is 2. The van der Waals surface area contributed by atoms with Gasteiger partial charge >= 0.3 is 0 Å². The lowest BCUT2D eigenvalue weighted by molar-refractivity contribution is 0.394. The van der Waals surface area contributed by atoms with Crippen LogP contribution in [-0.2, 0) is 14.9 Å². The summed E-state index contributed by atoms with van der Waals surface area (Å²) >= 11 is 24.8. The van der Waals surface area contributed by atoms with Crippen molar-refractivity contribution in [3.8, 4) is 11.5 Å². The molecule has 0 radical (unpaired) electrons. The van der Waals surface area contributed by atoms with Crippen molar-refractivity contribution in [3.63, 3.8) is 0 Å². The molecule has 0 saturated carbocycles. The topological polar surface area (TPSA) is 94.8 Å². The quantitative estimate of drug-likeness (QED) is 0.239. The van der Waals surface area contributed by atoms with Crippen molar-refractivity contribution >= 4 is 56.5 Å². The standard InChI is InChI=1S/C19H12Cl4O5S/c20-10-8-13(18(25)16(24)9-10)19(29(26,27)28,11-4-1-2-6-14(11)21)12-5-3-7-15(22)17(12)23/h1-9,24-25H,(H,26,27,28). The minimum atomic E-state index is -5.16. The normalized spacial score (nSPS) is 13.8. The summed E-state index contributed by atoms with van der Waals surface area (Å²) in [5.74, 6) is -1.53. The number of hydrogen-bond donors (Lipinski definition) is 3. The maximum Gasteiger partial charge on any atom is 0.283 e. The third-order valence-electron chi connectivity index (χ3n) is 4.40. The summed E-state index contributed by atoms with van der Waals surface area (Å²) in [4.78, 5) is 0. The maximum absolute atomic E-state index is 13.0.